The molecule has 0 radical (unpaired) electrons. The third-order valence-electron chi connectivity index (χ3n) is 3.16. The number of carbonyl (C=O) groups is 1. The van der Waals surface area contributed by atoms with Gasteiger partial charge in [-0.25, -0.2) is 0 Å². The molecule has 3 aromatic rings. The predicted octanol–water partition coefficient (Wildman–Crippen LogP) is 1.64. The molecule has 6 nitrogen and oxygen atoms in total. The van der Waals surface area contributed by atoms with E-state index in [4.69, 9.17) is 0 Å². The van der Waals surface area contributed by atoms with Crippen LogP contribution in [-0.2, 0) is 6.42 Å². The molecule has 0 atom stereocenters. The third-order valence-corrected chi connectivity index (χ3v) is 3.16. The third kappa shape index (κ3) is 2.84. The lowest BCUT2D eigenvalue weighted by Gasteiger charge is -2.02. The van der Waals surface area contributed by atoms with E-state index in [1.165, 1.54) is 0 Å². The van der Waals surface area contributed by atoms with Crippen molar-refractivity contribution in [2.75, 3.05) is 6.54 Å². The lowest BCUT2D eigenvalue weighted by Crippen LogP contribution is -2.26. The maximum Gasteiger partial charge on any atom is 0.267 e. The van der Waals surface area contributed by atoms with Gasteiger partial charge in [-0.3, -0.25) is 14.8 Å². The maximum absolute atomic E-state index is 12.1. The first-order chi connectivity index (χ1) is 10.2. The molecule has 1 amide bonds. The Kier molecular flexibility index (Phi) is 3.51. The van der Waals surface area contributed by atoms with E-state index in [9.17, 15) is 9.90 Å². The molecule has 2 aromatic heterocycles. The highest BCUT2D eigenvalue weighted by atomic mass is 16.3. The van der Waals surface area contributed by atoms with E-state index in [2.05, 4.69) is 20.3 Å². The standard InChI is InChI=1S/C15H14N4O2/c20-13-3-1-2-10-8-12(19-14(10)13)15(21)18-5-4-11-9-16-6-7-17-11/h1-3,6-9,19-20H,4-5H2,(H,18,21). The van der Waals surface area contributed by atoms with Gasteiger partial charge in [0, 0.05) is 36.9 Å². The molecule has 0 spiro atoms. The molecular formula is C15H14N4O2. The van der Waals surface area contributed by atoms with Crippen molar-refractivity contribution < 1.29 is 9.90 Å². The zero-order chi connectivity index (χ0) is 14.7. The number of aromatic amines is 1. The molecule has 0 fully saturated rings. The van der Waals surface area contributed by atoms with Gasteiger partial charge in [0.1, 0.15) is 11.4 Å². The Balaban J connectivity index is 1.65. The Hall–Kier alpha value is -2.89. The first-order valence-electron chi connectivity index (χ1n) is 6.58. The van der Waals surface area contributed by atoms with Crippen molar-refractivity contribution in [3.63, 3.8) is 0 Å². The predicted molar refractivity (Wildman–Crippen MR) is 78.0 cm³/mol. The van der Waals surface area contributed by atoms with E-state index < -0.39 is 0 Å². The molecule has 0 saturated heterocycles. The highest BCUT2D eigenvalue weighted by Gasteiger charge is 2.10. The summed E-state index contributed by atoms with van der Waals surface area (Å²) in [5.41, 5.74) is 1.81. The largest absolute Gasteiger partial charge is 0.506 e. The average Bonchev–Trinajstić information content (AvgIpc) is 2.94. The van der Waals surface area contributed by atoms with Gasteiger partial charge in [-0.15, -0.1) is 0 Å². The first kappa shape index (κ1) is 13.1. The number of fused-ring (bicyclic) bond motifs is 1. The molecular weight excluding hydrogens is 268 g/mol. The smallest absolute Gasteiger partial charge is 0.267 e. The molecule has 106 valence electrons. The van der Waals surface area contributed by atoms with Gasteiger partial charge in [-0.2, -0.15) is 0 Å². The molecule has 0 aliphatic rings. The van der Waals surface area contributed by atoms with Crippen molar-refractivity contribution in [3.05, 3.63) is 54.2 Å². The number of carbonyl (C=O) groups excluding carboxylic acids is 1. The number of rotatable bonds is 4. The summed E-state index contributed by atoms with van der Waals surface area (Å²) < 4.78 is 0. The van der Waals surface area contributed by atoms with Crippen LogP contribution >= 0.6 is 0 Å². The Labute approximate surface area is 120 Å². The Morgan fingerprint density at radius 2 is 2.24 bits per heavy atom. The number of H-pyrrole nitrogens is 1. The summed E-state index contributed by atoms with van der Waals surface area (Å²) in [5.74, 6) is -0.0828. The topological polar surface area (TPSA) is 90.9 Å². The second kappa shape index (κ2) is 5.62. The van der Waals surface area contributed by atoms with Crippen LogP contribution in [-0.4, -0.2) is 32.5 Å². The van der Waals surface area contributed by atoms with Crippen LogP contribution in [0, 0.1) is 0 Å². The number of aromatic hydroxyl groups is 1. The van der Waals surface area contributed by atoms with Gasteiger partial charge in [0.25, 0.3) is 5.91 Å². The van der Waals surface area contributed by atoms with Crippen LogP contribution in [0.4, 0.5) is 0 Å². The lowest BCUT2D eigenvalue weighted by atomic mass is 10.2. The fourth-order valence-electron chi connectivity index (χ4n) is 2.12. The number of hydrogen-bond acceptors (Lipinski definition) is 4. The van der Waals surface area contributed by atoms with Crippen molar-refractivity contribution in [3.8, 4) is 5.75 Å². The molecule has 1 aromatic carbocycles. The van der Waals surface area contributed by atoms with Gasteiger partial charge in [-0.05, 0) is 12.1 Å². The van der Waals surface area contributed by atoms with E-state index in [-0.39, 0.29) is 11.7 Å². The fourth-order valence-corrected chi connectivity index (χ4v) is 2.12. The van der Waals surface area contributed by atoms with E-state index in [1.54, 1.807) is 36.8 Å². The van der Waals surface area contributed by atoms with E-state index in [0.717, 1.165) is 11.1 Å². The minimum absolute atomic E-state index is 0.131. The van der Waals surface area contributed by atoms with E-state index in [0.29, 0.717) is 24.2 Å². The van der Waals surface area contributed by atoms with Gasteiger partial charge in [0.15, 0.2) is 0 Å². The van der Waals surface area contributed by atoms with Crippen LogP contribution in [0.1, 0.15) is 16.2 Å². The molecule has 3 rings (SSSR count). The van der Waals surface area contributed by atoms with Gasteiger partial charge < -0.3 is 15.4 Å². The summed E-state index contributed by atoms with van der Waals surface area (Å²) in [6.07, 6.45) is 5.52. The minimum atomic E-state index is -0.213. The summed E-state index contributed by atoms with van der Waals surface area (Å²) >= 11 is 0. The number of hydrogen-bond donors (Lipinski definition) is 3. The molecule has 0 unspecified atom stereocenters. The van der Waals surface area contributed by atoms with Crippen molar-refractivity contribution >= 4 is 16.8 Å². The minimum Gasteiger partial charge on any atom is -0.506 e. The van der Waals surface area contributed by atoms with Crippen LogP contribution in [0.5, 0.6) is 5.75 Å². The summed E-state index contributed by atoms with van der Waals surface area (Å²) in [6.45, 7) is 0.471. The number of phenols is 1. The van der Waals surface area contributed by atoms with Gasteiger partial charge in [-0.1, -0.05) is 12.1 Å². The number of nitrogens with zero attached hydrogens (tertiary/aromatic N) is 2. The van der Waals surface area contributed by atoms with Crippen LogP contribution in [0.2, 0.25) is 0 Å². The summed E-state index contributed by atoms with van der Waals surface area (Å²) in [7, 11) is 0. The summed E-state index contributed by atoms with van der Waals surface area (Å²) in [6, 6.07) is 6.87. The van der Waals surface area contributed by atoms with E-state index >= 15 is 0 Å². The SMILES string of the molecule is O=C(NCCc1cnccn1)c1cc2cccc(O)c2[nH]1. The Bertz CT molecular complexity index is 768. The molecule has 21 heavy (non-hydrogen) atoms. The molecule has 0 bridgehead atoms. The zero-order valence-electron chi connectivity index (χ0n) is 11.2. The van der Waals surface area contributed by atoms with E-state index in [1.807, 2.05) is 6.07 Å². The summed E-state index contributed by atoms with van der Waals surface area (Å²) in [5, 5.41) is 13.3. The molecule has 0 aliphatic heterocycles. The van der Waals surface area contributed by atoms with Crippen molar-refractivity contribution in [1.29, 1.82) is 0 Å². The van der Waals surface area contributed by atoms with Crippen molar-refractivity contribution in [2.24, 2.45) is 0 Å². The number of benzene rings is 1. The second-order valence-corrected chi connectivity index (χ2v) is 4.63. The molecule has 3 N–H and O–H groups in total. The number of aromatic nitrogens is 3. The molecule has 2 heterocycles. The van der Waals surface area contributed by atoms with Gasteiger partial charge in [0.2, 0.25) is 0 Å². The highest BCUT2D eigenvalue weighted by Crippen LogP contribution is 2.24. The number of para-hydroxylation sites is 1. The Morgan fingerprint density at radius 3 is 3.00 bits per heavy atom. The normalized spacial score (nSPS) is 10.7. The fraction of sp³-hybridized carbons (Fsp3) is 0.133. The van der Waals surface area contributed by atoms with Crippen molar-refractivity contribution in [2.45, 2.75) is 6.42 Å². The molecule has 0 saturated carbocycles. The van der Waals surface area contributed by atoms with Gasteiger partial charge >= 0.3 is 0 Å². The monoisotopic (exact) mass is 282 g/mol. The Morgan fingerprint density at radius 1 is 1.33 bits per heavy atom. The van der Waals surface area contributed by atoms with Crippen LogP contribution in [0.3, 0.4) is 0 Å². The average molecular weight is 282 g/mol. The summed E-state index contributed by atoms with van der Waals surface area (Å²) in [4.78, 5) is 23.1. The molecule has 0 aliphatic carbocycles. The highest BCUT2D eigenvalue weighted by molar-refractivity contribution is 5.99. The quantitative estimate of drug-likeness (QED) is 0.678. The van der Waals surface area contributed by atoms with Crippen LogP contribution in [0.15, 0.2) is 42.9 Å². The van der Waals surface area contributed by atoms with Crippen molar-refractivity contribution in [1.82, 2.24) is 20.3 Å². The maximum atomic E-state index is 12.1. The second-order valence-electron chi connectivity index (χ2n) is 4.63. The van der Waals surface area contributed by atoms with Crippen LogP contribution in [0.25, 0.3) is 10.9 Å². The van der Waals surface area contributed by atoms with Crippen LogP contribution < -0.4 is 5.32 Å². The first-order valence-corrected chi connectivity index (χ1v) is 6.58. The molecule has 6 heteroatoms. The number of nitrogens with one attached hydrogen (secondary N) is 2. The zero-order valence-corrected chi connectivity index (χ0v) is 11.2. The number of phenolic OH excluding ortho intramolecular Hbond substituents is 1. The van der Waals surface area contributed by atoms with Gasteiger partial charge in [0.05, 0.1) is 11.2 Å². The number of amides is 1. The lowest BCUT2D eigenvalue weighted by molar-refractivity contribution is 0.0950.